The SMILES string of the molecule is CCO[C@]1(CO)C[C@H](O)[C@@H](NC(C)=O)[C@H]([C@H](O)[C@H](O)CO)O1. The van der Waals surface area contributed by atoms with Gasteiger partial charge < -0.3 is 40.3 Å². The van der Waals surface area contributed by atoms with Gasteiger partial charge in [0.05, 0.1) is 25.4 Å². The van der Waals surface area contributed by atoms with Crippen LogP contribution in [-0.2, 0) is 14.3 Å². The fraction of sp³-hybridized carbons (Fsp3) is 0.923. The normalized spacial score (nSPS) is 35.0. The van der Waals surface area contributed by atoms with Gasteiger partial charge >= 0.3 is 0 Å². The van der Waals surface area contributed by atoms with E-state index in [2.05, 4.69) is 5.32 Å². The van der Waals surface area contributed by atoms with Crippen molar-refractivity contribution in [3.05, 3.63) is 0 Å². The minimum atomic E-state index is -1.59. The molecule has 1 aliphatic rings. The second kappa shape index (κ2) is 8.16. The van der Waals surface area contributed by atoms with Crippen molar-refractivity contribution < 1.29 is 39.8 Å². The van der Waals surface area contributed by atoms with Gasteiger partial charge in [0.25, 0.3) is 0 Å². The molecule has 9 heteroatoms. The summed E-state index contributed by atoms with van der Waals surface area (Å²) in [6.45, 7) is 1.77. The third-order valence-electron chi connectivity index (χ3n) is 3.58. The Balaban J connectivity index is 3.06. The van der Waals surface area contributed by atoms with Gasteiger partial charge in [-0.3, -0.25) is 4.79 Å². The highest BCUT2D eigenvalue weighted by Crippen LogP contribution is 2.32. The number of carbonyl (C=O) groups is 1. The maximum absolute atomic E-state index is 11.3. The van der Waals surface area contributed by atoms with E-state index in [9.17, 15) is 25.2 Å². The standard InChI is InChI=1S/C13H25NO8/c1-3-21-13(6-16)4-8(18)10(14-7(2)17)12(22-13)11(20)9(19)5-15/h8-12,15-16,18-20H,3-6H2,1-2H3,(H,14,17)/t8-,9+,10+,11+,12+,13+/m0/s1. The van der Waals surface area contributed by atoms with Crippen molar-refractivity contribution in [1.29, 1.82) is 0 Å². The van der Waals surface area contributed by atoms with E-state index in [1.54, 1.807) is 6.92 Å². The van der Waals surface area contributed by atoms with Crippen LogP contribution in [0.25, 0.3) is 0 Å². The van der Waals surface area contributed by atoms with Crippen LogP contribution >= 0.6 is 0 Å². The Morgan fingerprint density at radius 2 is 2.09 bits per heavy atom. The fourth-order valence-electron chi connectivity index (χ4n) is 2.56. The third-order valence-corrected chi connectivity index (χ3v) is 3.58. The molecule has 1 amide bonds. The number of hydrogen-bond acceptors (Lipinski definition) is 8. The summed E-state index contributed by atoms with van der Waals surface area (Å²) in [5, 5.41) is 50.9. The molecule has 1 heterocycles. The maximum atomic E-state index is 11.3. The molecule has 0 aromatic heterocycles. The molecule has 0 aliphatic carbocycles. The lowest BCUT2D eigenvalue weighted by Gasteiger charge is -2.47. The lowest BCUT2D eigenvalue weighted by atomic mass is 9.88. The van der Waals surface area contributed by atoms with Gasteiger partial charge in [-0.1, -0.05) is 0 Å². The molecule has 6 atom stereocenters. The largest absolute Gasteiger partial charge is 0.394 e. The van der Waals surface area contributed by atoms with Crippen molar-refractivity contribution in [3.8, 4) is 0 Å². The molecule has 0 aromatic carbocycles. The Kier molecular flexibility index (Phi) is 7.13. The van der Waals surface area contributed by atoms with E-state index in [4.69, 9.17) is 14.6 Å². The van der Waals surface area contributed by atoms with Crippen LogP contribution < -0.4 is 5.32 Å². The van der Waals surface area contributed by atoms with Gasteiger partial charge in [-0.25, -0.2) is 0 Å². The summed E-state index contributed by atoms with van der Waals surface area (Å²) >= 11 is 0. The summed E-state index contributed by atoms with van der Waals surface area (Å²) in [7, 11) is 0. The van der Waals surface area contributed by atoms with E-state index in [0.29, 0.717) is 0 Å². The molecule has 0 spiro atoms. The number of aliphatic hydroxyl groups excluding tert-OH is 5. The van der Waals surface area contributed by atoms with Gasteiger partial charge in [-0.15, -0.1) is 0 Å². The Morgan fingerprint density at radius 1 is 1.45 bits per heavy atom. The summed E-state index contributed by atoms with van der Waals surface area (Å²) in [5.74, 6) is -2.01. The Bertz CT molecular complexity index is 368. The lowest BCUT2D eigenvalue weighted by Crippen LogP contribution is -2.66. The van der Waals surface area contributed by atoms with Crippen molar-refractivity contribution in [2.24, 2.45) is 0 Å². The molecule has 130 valence electrons. The first-order valence-electron chi connectivity index (χ1n) is 7.15. The molecule has 0 saturated carbocycles. The predicted molar refractivity (Wildman–Crippen MR) is 73.6 cm³/mol. The summed E-state index contributed by atoms with van der Waals surface area (Å²) < 4.78 is 10.9. The average molecular weight is 323 g/mol. The molecule has 1 fully saturated rings. The van der Waals surface area contributed by atoms with Crippen molar-refractivity contribution in [3.63, 3.8) is 0 Å². The van der Waals surface area contributed by atoms with Crippen molar-refractivity contribution >= 4 is 5.91 Å². The molecular formula is C13H25NO8. The van der Waals surface area contributed by atoms with Crippen molar-refractivity contribution in [2.45, 2.75) is 56.5 Å². The minimum absolute atomic E-state index is 0.124. The first-order valence-corrected chi connectivity index (χ1v) is 7.15. The molecule has 0 unspecified atom stereocenters. The highest BCUT2D eigenvalue weighted by atomic mass is 16.7. The van der Waals surface area contributed by atoms with Crippen molar-refractivity contribution in [2.75, 3.05) is 19.8 Å². The molecule has 22 heavy (non-hydrogen) atoms. The van der Waals surface area contributed by atoms with E-state index in [1.807, 2.05) is 0 Å². The first kappa shape index (κ1) is 19.2. The molecule has 0 radical (unpaired) electrons. The Hall–Kier alpha value is -0.810. The summed E-state index contributed by atoms with van der Waals surface area (Å²) in [6, 6.07) is -1.02. The van der Waals surface area contributed by atoms with Crippen LogP contribution in [0.3, 0.4) is 0 Å². The van der Waals surface area contributed by atoms with Crippen LogP contribution in [0.5, 0.6) is 0 Å². The molecule has 1 rings (SSSR count). The molecule has 6 N–H and O–H groups in total. The first-order chi connectivity index (χ1) is 10.3. The second-order valence-electron chi connectivity index (χ2n) is 5.32. The molecule has 1 aliphatic heterocycles. The minimum Gasteiger partial charge on any atom is -0.394 e. The molecule has 9 nitrogen and oxygen atoms in total. The van der Waals surface area contributed by atoms with Gasteiger partial charge in [0.15, 0.2) is 5.79 Å². The quantitative estimate of drug-likeness (QED) is 0.292. The van der Waals surface area contributed by atoms with Crippen LogP contribution in [-0.4, -0.2) is 87.5 Å². The van der Waals surface area contributed by atoms with Gasteiger partial charge in [0.2, 0.25) is 5.91 Å². The monoisotopic (exact) mass is 323 g/mol. The number of ether oxygens (including phenoxy) is 2. The molecule has 0 bridgehead atoms. The molecule has 1 saturated heterocycles. The van der Waals surface area contributed by atoms with Gasteiger partial charge in [0.1, 0.15) is 18.3 Å². The smallest absolute Gasteiger partial charge is 0.217 e. The third kappa shape index (κ3) is 4.35. The molecular weight excluding hydrogens is 298 g/mol. The van der Waals surface area contributed by atoms with Crippen LogP contribution in [0.15, 0.2) is 0 Å². The van der Waals surface area contributed by atoms with E-state index in [0.717, 1.165) is 0 Å². The van der Waals surface area contributed by atoms with Gasteiger partial charge in [-0.2, -0.15) is 0 Å². The van der Waals surface area contributed by atoms with E-state index in [-0.39, 0.29) is 13.0 Å². The van der Waals surface area contributed by atoms with Crippen LogP contribution in [0.2, 0.25) is 0 Å². The number of hydrogen-bond donors (Lipinski definition) is 6. The highest BCUT2D eigenvalue weighted by Gasteiger charge is 2.51. The number of carbonyl (C=O) groups excluding carboxylic acids is 1. The average Bonchev–Trinajstić information content (AvgIpc) is 2.48. The zero-order valence-electron chi connectivity index (χ0n) is 12.7. The lowest BCUT2D eigenvalue weighted by molar-refractivity contribution is -0.328. The molecule has 0 aromatic rings. The number of amides is 1. The Morgan fingerprint density at radius 3 is 2.55 bits per heavy atom. The van der Waals surface area contributed by atoms with Gasteiger partial charge in [-0.05, 0) is 6.92 Å². The second-order valence-corrected chi connectivity index (χ2v) is 5.32. The number of rotatable bonds is 7. The van der Waals surface area contributed by atoms with Crippen LogP contribution in [0.4, 0.5) is 0 Å². The van der Waals surface area contributed by atoms with Gasteiger partial charge in [0, 0.05) is 20.0 Å². The van der Waals surface area contributed by atoms with Crippen LogP contribution in [0, 0.1) is 0 Å². The number of aliphatic hydroxyl groups is 5. The summed E-state index contributed by atoms with van der Waals surface area (Å²) in [5.41, 5.74) is 0. The predicted octanol–water partition coefficient (Wildman–Crippen LogP) is -2.92. The fourth-order valence-corrected chi connectivity index (χ4v) is 2.56. The zero-order chi connectivity index (χ0) is 16.9. The topological polar surface area (TPSA) is 149 Å². The summed E-state index contributed by atoms with van der Waals surface area (Å²) in [6.07, 6.45) is -5.70. The Labute approximate surface area is 128 Å². The number of nitrogens with one attached hydrogen (secondary N) is 1. The van der Waals surface area contributed by atoms with Crippen LogP contribution in [0.1, 0.15) is 20.3 Å². The highest BCUT2D eigenvalue weighted by molar-refractivity contribution is 5.73. The van der Waals surface area contributed by atoms with E-state index < -0.39 is 55.4 Å². The summed E-state index contributed by atoms with van der Waals surface area (Å²) in [4.78, 5) is 11.3. The van der Waals surface area contributed by atoms with E-state index in [1.165, 1.54) is 6.92 Å². The zero-order valence-corrected chi connectivity index (χ0v) is 12.7. The van der Waals surface area contributed by atoms with Crippen molar-refractivity contribution in [1.82, 2.24) is 5.32 Å². The maximum Gasteiger partial charge on any atom is 0.217 e. The van der Waals surface area contributed by atoms with E-state index >= 15 is 0 Å².